The lowest BCUT2D eigenvalue weighted by Crippen LogP contribution is -2.50. The first-order chi connectivity index (χ1) is 31.1. The molecule has 1 N–H and O–H groups in total. The van der Waals surface area contributed by atoms with E-state index in [9.17, 15) is 19.5 Å². The topological polar surface area (TPSA) is 99.1 Å². The molecule has 0 aliphatic rings. The van der Waals surface area contributed by atoms with E-state index in [1.165, 1.54) is 109 Å². The molecule has 2 unspecified atom stereocenters. The van der Waals surface area contributed by atoms with Crippen LogP contribution in [0.25, 0.3) is 0 Å². The minimum Gasteiger partial charge on any atom is -0.477 e. The fourth-order valence-electron chi connectivity index (χ4n) is 7.65. The summed E-state index contributed by atoms with van der Waals surface area (Å²) in [5.41, 5.74) is 0. The number of nitrogens with zero attached hydrogens (tertiary/aromatic N) is 1. The molecule has 64 heavy (non-hydrogen) atoms. The van der Waals surface area contributed by atoms with Crippen LogP contribution in [0, 0.1) is 0 Å². The number of carbonyl (C=O) groups excluding carboxylic acids is 2. The maximum atomic E-state index is 12.8. The monoisotopic (exact) mass is 899 g/mol. The Morgan fingerprint density at radius 1 is 0.484 bits per heavy atom. The smallest absolute Gasteiger partial charge is 0.362 e. The number of aliphatic carboxylic acids is 1. The molecule has 0 amide bonds. The van der Waals surface area contributed by atoms with Crippen molar-refractivity contribution in [3.63, 3.8) is 0 Å². The molecule has 8 nitrogen and oxygen atoms in total. The lowest BCUT2D eigenvalue weighted by atomic mass is 10.0. The Morgan fingerprint density at radius 3 is 1.30 bits per heavy atom. The summed E-state index contributed by atoms with van der Waals surface area (Å²) in [4.78, 5) is 37.2. The van der Waals surface area contributed by atoms with Crippen molar-refractivity contribution in [2.24, 2.45) is 0 Å². The Labute approximate surface area is 394 Å². The molecule has 370 valence electrons. The van der Waals surface area contributed by atoms with Crippen LogP contribution in [0.3, 0.4) is 0 Å². The highest BCUT2D eigenvalue weighted by Crippen LogP contribution is 2.16. The van der Waals surface area contributed by atoms with Crippen LogP contribution >= 0.6 is 0 Å². The van der Waals surface area contributed by atoms with E-state index in [1.54, 1.807) is 0 Å². The second kappa shape index (κ2) is 46.6. The number of carboxylic acids is 1. The summed E-state index contributed by atoms with van der Waals surface area (Å²) in [5.74, 6) is -1.47. The highest BCUT2D eigenvalue weighted by Gasteiger charge is 2.31. The van der Waals surface area contributed by atoms with E-state index in [2.05, 4.69) is 74.6 Å². The summed E-state index contributed by atoms with van der Waals surface area (Å²) in [6, 6.07) is -0.618. The second-order valence-electron chi connectivity index (χ2n) is 18.8. The molecular formula is C56H100NO7+. The number of allylic oxidation sites excluding steroid dienone is 10. The molecule has 0 bridgehead atoms. The van der Waals surface area contributed by atoms with Crippen LogP contribution in [-0.2, 0) is 28.6 Å². The van der Waals surface area contributed by atoms with E-state index in [0.717, 1.165) is 83.5 Å². The summed E-state index contributed by atoms with van der Waals surface area (Å²) < 4.78 is 17.4. The van der Waals surface area contributed by atoms with E-state index in [1.807, 2.05) is 21.1 Å². The quantitative estimate of drug-likeness (QED) is 0.0281. The first kappa shape index (κ1) is 61.0. The van der Waals surface area contributed by atoms with Crippen LogP contribution in [-0.4, -0.2) is 80.6 Å². The van der Waals surface area contributed by atoms with Crippen molar-refractivity contribution < 1.29 is 38.2 Å². The van der Waals surface area contributed by atoms with Crippen LogP contribution in [0.1, 0.15) is 226 Å². The molecule has 0 aliphatic carbocycles. The number of esters is 2. The Balaban J connectivity index is 4.25. The van der Waals surface area contributed by atoms with Crippen molar-refractivity contribution in [3.8, 4) is 0 Å². The van der Waals surface area contributed by atoms with Crippen LogP contribution in [0.4, 0.5) is 0 Å². The van der Waals surface area contributed by atoms with Crippen molar-refractivity contribution in [2.75, 3.05) is 41.0 Å². The van der Waals surface area contributed by atoms with Gasteiger partial charge in [0.15, 0.2) is 12.1 Å². The number of likely N-dealkylation sites (N-methyl/N-ethyl adjacent to an activating group) is 1. The van der Waals surface area contributed by atoms with Crippen molar-refractivity contribution in [1.29, 1.82) is 0 Å². The summed E-state index contributed by atoms with van der Waals surface area (Å²) in [6.07, 6.45) is 58.4. The predicted octanol–water partition coefficient (Wildman–Crippen LogP) is 15.3. The van der Waals surface area contributed by atoms with Gasteiger partial charge >= 0.3 is 17.9 Å². The normalized spacial score (nSPS) is 13.3. The molecule has 0 aromatic carbocycles. The third-order valence-electron chi connectivity index (χ3n) is 11.7. The van der Waals surface area contributed by atoms with Gasteiger partial charge in [0.1, 0.15) is 6.61 Å². The maximum absolute atomic E-state index is 12.8. The van der Waals surface area contributed by atoms with Gasteiger partial charge in [0, 0.05) is 19.3 Å². The molecule has 0 fully saturated rings. The van der Waals surface area contributed by atoms with E-state index >= 15 is 0 Å². The van der Waals surface area contributed by atoms with Gasteiger partial charge in [0.25, 0.3) is 0 Å². The third-order valence-corrected chi connectivity index (χ3v) is 11.7. The van der Waals surface area contributed by atoms with Gasteiger partial charge in [0.2, 0.25) is 0 Å². The van der Waals surface area contributed by atoms with Crippen LogP contribution in [0.2, 0.25) is 0 Å². The number of carbonyl (C=O) groups is 3. The van der Waals surface area contributed by atoms with E-state index in [-0.39, 0.29) is 36.2 Å². The number of hydrogen-bond acceptors (Lipinski definition) is 6. The zero-order valence-electron chi connectivity index (χ0n) is 42.2. The third kappa shape index (κ3) is 44.2. The Kier molecular flexibility index (Phi) is 44.4. The molecule has 0 heterocycles. The number of unbranched alkanes of at least 4 members (excludes halogenated alkanes) is 23. The SMILES string of the molecule is CC/C=C/C/C=C/C/C=C/C/C=C/C/C=C/CCCCCCCCCC(=O)OC(COCCC(C(=O)O)[N+](C)(C)C)COC(=O)CCCCCCCCCCCCCCCCCCC. The summed E-state index contributed by atoms with van der Waals surface area (Å²) in [5, 5.41) is 9.66. The van der Waals surface area contributed by atoms with E-state index in [4.69, 9.17) is 14.2 Å². The first-order valence-corrected chi connectivity index (χ1v) is 26.3. The van der Waals surface area contributed by atoms with Gasteiger partial charge in [0.05, 0.1) is 34.4 Å². The highest BCUT2D eigenvalue weighted by atomic mass is 16.6. The zero-order chi connectivity index (χ0) is 47.0. The van der Waals surface area contributed by atoms with Crippen molar-refractivity contribution in [1.82, 2.24) is 0 Å². The van der Waals surface area contributed by atoms with Gasteiger partial charge in [-0.3, -0.25) is 9.59 Å². The molecule has 0 spiro atoms. The minimum absolute atomic E-state index is 0.0547. The molecule has 8 heteroatoms. The van der Waals surface area contributed by atoms with Crippen molar-refractivity contribution in [2.45, 2.75) is 238 Å². The fourth-order valence-corrected chi connectivity index (χ4v) is 7.65. The van der Waals surface area contributed by atoms with Gasteiger partial charge in [-0.1, -0.05) is 209 Å². The van der Waals surface area contributed by atoms with Crippen LogP contribution < -0.4 is 0 Å². The Bertz CT molecular complexity index is 1230. The second-order valence-corrected chi connectivity index (χ2v) is 18.8. The molecule has 0 saturated heterocycles. The van der Waals surface area contributed by atoms with Gasteiger partial charge in [-0.25, -0.2) is 4.79 Å². The van der Waals surface area contributed by atoms with Gasteiger partial charge in [-0.05, 0) is 57.8 Å². The van der Waals surface area contributed by atoms with Gasteiger partial charge in [-0.2, -0.15) is 0 Å². The minimum atomic E-state index is -0.876. The standard InChI is InChI=1S/C56H99NO7/c1-6-8-10-12-14-16-18-20-22-24-25-26-27-28-29-31-33-35-37-39-41-43-45-47-55(59)64-52(50-62-49-48-53(56(60)61)57(3,4)5)51-63-54(58)46-44-42-40-38-36-34-32-30-23-21-19-17-15-13-11-9-7-2/h8,10,14,16,20,22,25-26,28-29,52-53H,6-7,9,11-13,15,17-19,21,23-24,27,30-51H2,1-5H3/p+1/b10-8+,16-14+,22-20+,26-25+,29-28+. The molecular weight excluding hydrogens is 799 g/mol. The van der Waals surface area contributed by atoms with Gasteiger partial charge in [-0.15, -0.1) is 0 Å². The predicted molar refractivity (Wildman–Crippen MR) is 271 cm³/mol. The Morgan fingerprint density at radius 2 is 0.875 bits per heavy atom. The largest absolute Gasteiger partial charge is 0.477 e. The molecule has 0 aromatic rings. The first-order valence-electron chi connectivity index (χ1n) is 26.3. The van der Waals surface area contributed by atoms with E-state index in [0.29, 0.717) is 19.3 Å². The molecule has 0 aromatic heterocycles. The summed E-state index contributed by atoms with van der Waals surface area (Å²) in [6.45, 7) is 4.64. The zero-order valence-corrected chi connectivity index (χ0v) is 42.2. The van der Waals surface area contributed by atoms with E-state index < -0.39 is 18.1 Å². The molecule has 0 rings (SSSR count). The number of rotatable bonds is 47. The summed E-state index contributed by atoms with van der Waals surface area (Å²) in [7, 11) is 5.53. The van der Waals surface area contributed by atoms with Crippen molar-refractivity contribution in [3.05, 3.63) is 60.8 Å². The van der Waals surface area contributed by atoms with Crippen LogP contribution in [0.15, 0.2) is 60.8 Å². The van der Waals surface area contributed by atoms with Gasteiger partial charge < -0.3 is 23.8 Å². The highest BCUT2D eigenvalue weighted by molar-refractivity contribution is 5.72. The number of ether oxygens (including phenoxy) is 3. The maximum Gasteiger partial charge on any atom is 0.362 e. The lowest BCUT2D eigenvalue weighted by Gasteiger charge is -2.31. The fraction of sp³-hybridized carbons (Fsp3) is 0.768. The molecule has 0 saturated carbocycles. The molecule has 0 aliphatic heterocycles. The van der Waals surface area contributed by atoms with Crippen LogP contribution in [0.5, 0.6) is 0 Å². The number of carboxylic acid groups (broad SMARTS) is 1. The molecule has 2 atom stereocenters. The number of hydrogen-bond donors (Lipinski definition) is 1. The van der Waals surface area contributed by atoms with Crippen molar-refractivity contribution >= 4 is 17.9 Å². The Hall–Kier alpha value is -2.97. The lowest BCUT2D eigenvalue weighted by molar-refractivity contribution is -0.887. The molecule has 0 radical (unpaired) electrons. The average Bonchev–Trinajstić information content (AvgIpc) is 3.26. The average molecular weight is 899 g/mol. The summed E-state index contributed by atoms with van der Waals surface area (Å²) >= 11 is 0. The number of quaternary nitrogens is 1.